The van der Waals surface area contributed by atoms with Gasteiger partial charge in [-0.15, -0.1) is 0 Å². The van der Waals surface area contributed by atoms with Gasteiger partial charge in [-0.2, -0.15) is 0 Å². The molecular weight excluding hydrogens is 764 g/mol. The third-order valence-corrected chi connectivity index (χ3v) is 10.3. The molecule has 0 N–H and O–H groups in total. The highest BCUT2D eigenvalue weighted by atomic mass is 79.9. The van der Waals surface area contributed by atoms with Gasteiger partial charge in [0.25, 0.3) is 0 Å². The second kappa shape index (κ2) is 15.3. The zero-order valence-corrected chi connectivity index (χ0v) is 31.5. The molecule has 0 saturated carbocycles. The van der Waals surface area contributed by atoms with Gasteiger partial charge in [-0.05, 0) is 130 Å². The highest BCUT2D eigenvalue weighted by molar-refractivity contribution is 9.10. The molecule has 0 unspecified atom stereocenters. The Morgan fingerprint density at radius 2 is 0.404 bits per heavy atom. The van der Waals surface area contributed by atoms with Crippen molar-refractivity contribution in [1.29, 1.82) is 0 Å². The first-order valence-electron chi connectivity index (χ1n) is 17.2. The van der Waals surface area contributed by atoms with Gasteiger partial charge in [0.05, 0.1) is 0 Å². The predicted molar refractivity (Wildman–Crippen MR) is 228 cm³/mol. The van der Waals surface area contributed by atoms with E-state index in [-0.39, 0.29) is 0 Å². The van der Waals surface area contributed by atoms with E-state index in [0.717, 1.165) is 54.2 Å². The SMILES string of the molecule is Brc1ccc(N(c2ccc(-c3ccccc3)cc2)c2ccc(-c3ccc(N(c4ccc(Br)cc4)c4ccc(-c5ccccc5)cc4)cc3)cc2)cc1. The maximum absolute atomic E-state index is 3.61. The Kier molecular flexibility index (Phi) is 9.84. The summed E-state index contributed by atoms with van der Waals surface area (Å²) in [5.74, 6) is 0. The fourth-order valence-electron chi connectivity index (χ4n) is 6.55. The molecule has 4 heteroatoms. The molecule has 0 amide bonds. The number of hydrogen-bond donors (Lipinski definition) is 0. The van der Waals surface area contributed by atoms with Crippen molar-refractivity contribution in [3.63, 3.8) is 0 Å². The maximum atomic E-state index is 3.61. The van der Waals surface area contributed by atoms with Gasteiger partial charge in [0.15, 0.2) is 0 Å². The van der Waals surface area contributed by atoms with Crippen molar-refractivity contribution in [2.45, 2.75) is 0 Å². The predicted octanol–water partition coefficient (Wildman–Crippen LogP) is 15.2. The molecule has 250 valence electrons. The van der Waals surface area contributed by atoms with Crippen molar-refractivity contribution in [1.82, 2.24) is 0 Å². The first-order valence-corrected chi connectivity index (χ1v) is 18.8. The van der Waals surface area contributed by atoms with Gasteiger partial charge in [-0.3, -0.25) is 0 Å². The van der Waals surface area contributed by atoms with Gasteiger partial charge < -0.3 is 9.80 Å². The first-order chi connectivity index (χ1) is 25.6. The van der Waals surface area contributed by atoms with Crippen LogP contribution in [0.1, 0.15) is 0 Å². The minimum absolute atomic E-state index is 1.05. The van der Waals surface area contributed by atoms with Crippen LogP contribution in [0.3, 0.4) is 0 Å². The van der Waals surface area contributed by atoms with Crippen LogP contribution < -0.4 is 9.80 Å². The van der Waals surface area contributed by atoms with Crippen molar-refractivity contribution in [2.75, 3.05) is 9.80 Å². The van der Waals surface area contributed by atoms with E-state index in [9.17, 15) is 0 Å². The van der Waals surface area contributed by atoms with Gasteiger partial charge in [-0.1, -0.05) is 141 Å². The number of hydrogen-bond acceptors (Lipinski definition) is 2. The van der Waals surface area contributed by atoms with Crippen LogP contribution in [-0.4, -0.2) is 0 Å². The number of halogens is 2. The Morgan fingerprint density at radius 1 is 0.212 bits per heavy atom. The molecule has 0 aliphatic heterocycles. The summed E-state index contributed by atoms with van der Waals surface area (Å²) in [6, 6.07) is 73.2. The average molecular weight is 799 g/mol. The Hall–Kier alpha value is -5.68. The van der Waals surface area contributed by atoms with Crippen molar-refractivity contribution in [3.05, 3.63) is 215 Å². The van der Waals surface area contributed by atoms with Gasteiger partial charge in [0.2, 0.25) is 0 Å². The molecule has 0 heterocycles. The van der Waals surface area contributed by atoms with Crippen molar-refractivity contribution < 1.29 is 0 Å². The molecule has 52 heavy (non-hydrogen) atoms. The molecule has 0 saturated heterocycles. The van der Waals surface area contributed by atoms with E-state index in [4.69, 9.17) is 0 Å². The summed E-state index contributed by atoms with van der Waals surface area (Å²) in [6.45, 7) is 0. The summed E-state index contributed by atoms with van der Waals surface area (Å²) in [7, 11) is 0. The quantitative estimate of drug-likeness (QED) is 0.144. The summed E-state index contributed by atoms with van der Waals surface area (Å²) in [4.78, 5) is 4.60. The zero-order valence-electron chi connectivity index (χ0n) is 28.3. The summed E-state index contributed by atoms with van der Waals surface area (Å²) < 4.78 is 2.11. The smallest absolute Gasteiger partial charge is 0.0462 e. The van der Waals surface area contributed by atoms with E-state index in [2.05, 4.69) is 248 Å². The van der Waals surface area contributed by atoms with E-state index >= 15 is 0 Å². The third-order valence-electron chi connectivity index (χ3n) is 9.22. The number of benzene rings is 8. The van der Waals surface area contributed by atoms with E-state index < -0.39 is 0 Å². The molecule has 8 aromatic rings. The van der Waals surface area contributed by atoms with E-state index in [1.165, 1.54) is 22.3 Å². The highest BCUT2D eigenvalue weighted by Gasteiger charge is 2.15. The maximum Gasteiger partial charge on any atom is 0.0462 e. The second-order valence-electron chi connectivity index (χ2n) is 12.5. The number of anilines is 6. The molecule has 0 spiro atoms. The Bertz CT molecular complexity index is 2180. The van der Waals surface area contributed by atoms with Gasteiger partial charge in [0, 0.05) is 43.1 Å². The number of rotatable bonds is 9. The van der Waals surface area contributed by atoms with Gasteiger partial charge >= 0.3 is 0 Å². The fraction of sp³-hybridized carbons (Fsp3) is 0. The lowest BCUT2D eigenvalue weighted by Gasteiger charge is -2.26. The molecule has 0 fully saturated rings. The fourth-order valence-corrected chi connectivity index (χ4v) is 7.08. The van der Waals surface area contributed by atoms with Crippen LogP contribution in [0.2, 0.25) is 0 Å². The minimum Gasteiger partial charge on any atom is -0.311 e. The van der Waals surface area contributed by atoms with Crippen LogP contribution in [0.5, 0.6) is 0 Å². The molecule has 0 aromatic heterocycles. The largest absolute Gasteiger partial charge is 0.311 e. The summed E-state index contributed by atoms with van der Waals surface area (Å²) in [5, 5.41) is 0. The molecule has 0 radical (unpaired) electrons. The van der Waals surface area contributed by atoms with Crippen LogP contribution in [0.15, 0.2) is 215 Å². The monoisotopic (exact) mass is 796 g/mol. The van der Waals surface area contributed by atoms with E-state index in [0.29, 0.717) is 0 Å². The molecule has 8 rings (SSSR count). The van der Waals surface area contributed by atoms with Crippen LogP contribution >= 0.6 is 31.9 Å². The lowest BCUT2D eigenvalue weighted by Crippen LogP contribution is -2.10. The second-order valence-corrected chi connectivity index (χ2v) is 14.4. The topological polar surface area (TPSA) is 6.48 Å². The van der Waals surface area contributed by atoms with E-state index in [1.54, 1.807) is 0 Å². The van der Waals surface area contributed by atoms with E-state index in [1.807, 2.05) is 0 Å². The van der Waals surface area contributed by atoms with Crippen molar-refractivity contribution >= 4 is 66.0 Å². The summed E-state index contributed by atoms with van der Waals surface area (Å²) in [5.41, 5.74) is 13.7. The standard InChI is InChI=1S/C48H34Br2N2/c49-41-19-31-47(32-20-41)51(43-23-11-37(12-24-43)35-7-3-1-4-8-35)45-27-15-39(16-28-45)40-17-29-46(30-18-40)52(48-33-21-42(50)22-34-48)44-25-13-38(14-26-44)36-9-5-2-6-10-36/h1-34H. The van der Waals surface area contributed by atoms with Gasteiger partial charge in [-0.25, -0.2) is 0 Å². The lowest BCUT2D eigenvalue weighted by atomic mass is 10.0. The molecule has 0 atom stereocenters. The Labute approximate surface area is 322 Å². The third kappa shape index (κ3) is 7.36. The Morgan fingerprint density at radius 3 is 0.635 bits per heavy atom. The van der Waals surface area contributed by atoms with Crippen LogP contribution in [0.4, 0.5) is 34.1 Å². The van der Waals surface area contributed by atoms with Crippen LogP contribution in [0, 0.1) is 0 Å². The lowest BCUT2D eigenvalue weighted by molar-refractivity contribution is 1.28. The zero-order chi connectivity index (χ0) is 35.3. The van der Waals surface area contributed by atoms with Crippen LogP contribution in [0.25, 0.3) is 33.4 Å². The van der Waals surface area contributed by atoms with Crippen molar-refractivity contribution in [3.8, 4) is 33.4 Å². The summed E-state index contributed by atoms with van der Waals surface area (Å²) in [6.07, 6.45) is 0. The molecule has 0 aliphatic carbocycles. The first kappa shape index (κ1) is 33.5. The molecule has 8 aromatic carbocycles. The highest BCUT2D eigenvalue weighted by Crippen LogP contribution is 2.39. The summed E-state index contributed by atoms with van der Waals surface area (Å²) >= 11 is 7.22. The molecular formula is C48H34Br2N2. The average Bonchev–Trinajstić information content (AvgIpc) is 3.21. The normalized spacial score (nSPS) is 10.9. The Balaban J connectivity index is 1.09. The van der Waals surface area contributed by atoms with Crippen LogP contribution in [-0.2, 0) is 0 Å². The number of nitrogens with zero attached hydrogens (tertiary/aromatic N) is 2. The van der Waals surface area contributed by atoms with Crippen molar-refractivity contribution in [2.24, 2.45) is 0 Å². The molecule has 0 aliphatic rings. The molecule has 0 bridgehead atoms. The molecule has 2 nitrogen and oxygen atoms in total. The van der Waals surface area contributed by atoms with Gasteiger partial charge in [0.1, 0.15) is 0 Å². The minimum atomic E-state index is 1.05.